The lowest BCUT2D eigenvalue weighted by molar-refractivity contribution is 0.0758. The van der Waals surface area contributed by atoms with E-state index < -0.39 is 10.8 Å². The Kier molecular flexibility index (Phi) is 4.04. The summed E-state index contributed by atoms with van der Waals surface area (Å²) in [7, 11) is 0.800. The van der Waals surface area contributed by atoms with Gasteiger partial charge in [-0.15, -0.1) is 0 Å². The number of hydrogen-bond acceptors (Lipinski definition) is 3. The van der Waals surface area contributed by atoms with E-state index >= 15 is 0 Å². The molecule has 0 unspecified atom stereocenters. The molecule has 102 valence electrons. The van der Waals surface area contributed by atoms with Crippen LogP contribution < -0.4 is 0 Å². The molecule has 2 aromatic rings. The number of amides is 1. The van der Waals surface area contributed by atoms with Crippen molar-refractivity contribution >= 4 is 27.7 Å². The number of furan rings is 1. The van der Waals surface area contributed by atoms with Crippen molar-refractivity contribution in [2.24, 2.45) is 0 Å². The summed E-state index contributed by atoms with van der Waals surface area (Å²) < 4.78 is 16.6. The topological polar surface area (TPSA) is 50.5 Å². The largest absolute Gasteiger partial charge is 0.463 e. The minimum atomic E-state index is -0.924. The number of carbonyl (C=O) groups excluding carboxylic acids is 1. The second-order valence-corrected chi connectivity index (χ2v) is 6.13. The molecule has 19 heavy (non-hydrogen) atoms. The Morgan fingerprint density at radius 2 is 2.11 bits per heavy atom. The van der Waals surface area contributed by atoms with Crippen molar-refractivity contribution in [3.05, 3.63) is 36.1 Å². The third-order valence-electron chi connectivity index (χ3n) is 3.17. The lowest BCUT2D eigenvalue weighted by Crippen LogP contribution is -2.38. The fourth-order valence-corrected chi connectivity index (χ4v) is 2.89. The van der Waals surface area contributed by atoms with Crippen LogP contribution in [-0.2, 0) is 10.8 Å². The Morgan fingerprint density at radius 1 is 1.42 bits per heavy atom. The van der Waals surface area contributed by atoms with Crippen LogP contribution in [0.15, 0.2) is 34.9 Å². The van der Waals surface area contributed by atoms with Crippen molar-refractivity contribution in [3.63, 3.8) is 0 Å². The molecule has 0 aliphatic rings. The van der Waals surface area contributed by atoms with Gasteiger partial charge in [-0.25, -0.2) is 0 Å². The zero-order valence-electron chi connectivity index (χ0n) is 11.3. The third-order valence-corrected chi connectivity index (χ3v) is 4.12. The van der Waals surface area contributed by atoms with Gasteiger partial charge in [0.25, 0.3) is 5.91 Å². The van der Waals surface area contributed by atoms with Crippen molar-refractivity contribution in [3.8, 4) is 0 Å². The smallest absolute Gasteiger partial charge is 0.257 e. The van der Waals surface area contributed by atoms with Crippen LogP contribution in [0, 0.1) is 0 Å². The van der Waals surface area contributed by atoms with Crippen molar-refractivity contribution in [2.75, 3.05) is 19.1 Å². The van der Waals surface area contributed by atoms with Gasteiger partial charge in [-0.3, -0.25) is 9.00 Å². The molecule has 0 saturated carbocycles. The quantitative estimate of drug-likeness (QED) is 0.862. The lowest BCUT2D eigenvalue weighted by atomic mass is 10.1. The number of carbonyl (C=O) groups is 1. The molecular formula is C14H17NO3S. The predicted molar refractivity (Wildman–Crippen MR) is 76.7 cm³/mol. The molecule has 0 N–H and O–H groups in total. The standard InChI is InChI=1S/C14H17NO3S/c1-10(9-19(3)17)15(2)14(16)12-8-18-13-7-5-4-6-11(12)13/h4-8,10H,9H2,1-3H3/t10-,19-/m0/s1. The van der Waals surface area contributed by atoms with Crippen molar-refractivity contribution < 1.29 is 13.4 Å². The molecule has 0 fully saturated rings. The van der Waals surface area contributed by atoms with E-state index in [0.29, 0.717) is 16.9 Å². The molecule has 0 aliphatic carbocycles. The molecule has 1 heterocycles. The summed E-state index contributed by atoms with van der Waals surface area (Å²) in [6.45, 7) is 1.89. The predicted octanol–water partition coefficient (Wildman–Crippen LogP) is 2.27. The first-order chi connectivity index (χ1) is 9.00. The Bertz CT molecular complexity index is 620. The molecule has 1 amide bonds. The molecule has 1 aromatic heterocycles. The molecular weight excluding hydrogens is 262 g/mol. The Labute approximate surface area is 114 Å². The normalized spacial score (nSPS) is 14.3. The number of benzene rings is 1. The van der Waals surface area contributed by atoms with Gasteiger partial charge in [0.15, 0.2) is 0 Å². The summed E-state index contributed by atoms with van der Waals surface area (Å²) in [5, 5.41) is 0.809. The van der Waals surface area contributed by atoms with Gasteiger partial charge in [-0.2, -0.15) is 0 Å². The molecule has 5 heteroatoms. The second-order valence-electron chi connectivity index (χ2n) is 4.65. The fraction of sp³-hybridized carbons (Fsp3) is 0.357. The zero-order valence-corrected chi connectivity index (χ0v) is 12.1. The SMILES string of the molecule is C[C@@H](C[S@](C)=O)N(C)C(=O)c1coc2ccccc12. The second kappa shape index (κ2) is 5.57. The minimum absolute atomic E-state index is 0.0769. The van der Waals surface area contributed by atoms with Crippen LogP contribution >= 0.6 is 0 Å². The average molecular weight is 279 g/mol. The van der Waals surface area contributed by atoms with E-state index in [0.717, 1.165) is 5.39 Å². The number of rotatable bonds is 4. The van der Waals surface area contributed by atoms with Gasteiger partial charge in [0.05, 0.1) is 5.56 Å². The van der Waals surface area contributed by atoms with Crippen LogP contribution in [0.5, 0.6) is 0 Å². The monoisotopic (exact) mass is 279 g/mol. The highest BCUT2D eigenvalue weighted by molar-refractivity contribution is 7.84. The summed E-state index contributed by atoms with van der Waals surface area (Å²) >= 11 is 0. The maximum Gasteiger partial charge on any atom is 0.257 e. The molecule has 4 nitrogen and oxygen atoms in total. The first-order valence-corrected chi connectivity index (χ1v) is 7.77. The zero-order chi connectivity index (χ0) is 14.0. The molecule has 0 bridgehead atoms. The van der Waals surface area contributed by atoms with E-state index in [9.17, 15) is 9.00 Å². The third kappa shape index (κ3) is 2.87. The summed E-state index contributed by atoms with van der Waals surface area (Å²) in [5.74, 6) is 0.362. The summed E-state index contributed by atoms with van der Waals surface area (Å²) in [4.78, 5) is 14.0. The van der Waals surface area contributed by atoms with Gasteiger partial charge in [0, 0.05) is 41.3 Å². The van der Waals surface area contributed by atoms with Gasteiger partial charge in [0.2, 0.25) is 0 Å². The molecule has 0 radical (unpaired) electrons. The molecule has 0 spiro atoms. The van der Waals surface area contributed by atoms with E-state index in [2.05, 4.69) is 0 Å². The first kappa shape index (κ1) is 13.8. The van der Waals surface area contributed by atoms with Crippen LogP contribution in [0.3, 0.4) is 0 Å². The van der Waals surface area contributed by atoms with Crippen molar-refractivity contribution in [1.29, 1.82) is 0 Å². The Morgan fingerprint density at radius 3 is 2.79 bits per heavy atom. The Balaban J connectivity index is 2.26. The highest BCUT2D eigenvalue weighted by atomic mass is 32.2. The van der Waals surface area contributed by atoms with Gasteiger partial charge in [-0.1, -0.05) is 18.2 Å². The average Bonchev–Trinajstić information content (AvgIpc) is 2.80. The van der Waals surface area contributed by atoms with Crippen molar-refractivity contribution in [2.45, 2.75) is 13.0 Å². The van der Waals surface area contributed by atoms with Crippen LogP contribution in [0.1, 0.15) is 17.3 Å². The van der Waals surface area contributed by atoms with E-state index in [1.54, 1.807) is 18.2 Å². The van der Waals surface area contributed by atoms with E-state index in [1.165, 1.54) is 6.26 Å². The molecule has 0 aliphatic heterocycles. The fourth-order valence-electron chi connectivity index (χ4n) is 1.99. The van der Waals surface area contributed by atoms with Gasteiger partial charge < -0.3 is 9.32 Å². The van der Waals surface area contributed by atoms with E-state index in [4.69, 9.17) is 4.42 Å². The van der Waals surface area contributed by atoms with Gasteiger partial charge in [-0.05, 0) is 13.0 Å². The molecule has 2 rings (SSSR count). The highest BCUT2D eigenvalue weighted by Gasteiger charge is 2.21. The lowest BCUT2D eigenvalue weighted by Gasteiger charge is -2.23. The van der Waals surface area contributed by atoms with Gasteiger partial charge >= 0.3 is 0 Å². The van der Waals surface area contributed by atoms with E-state index in [1.807, 2.05) is 31.2 Å². The van der Waals surface area contributed by atoms with Gasteiger partial charge in [0.1, 0.15) is 11.8 Å². The number of fused-ring (bicyclic) bond motifs is 1. The molecule has 2 atom stereocenters. The number of para-hydroxylation sites is 1. The first-order valence-electron chi connectivity index (χ1n) is 6.04. The highest BCUT2D eigenvalue weighted by Crippen LogP contribution is 2.22. The number of nitrogens with zero attached hydrogens (tertiary/aromatic N) is 1. The maximum atomic E-state index is 12.4. The molecule has 0 saturated heterocycles. The summed E-state index contributed by atoms with van der Waals surface area (Å²) in [6.07, 6.45) is 3.13. The summed E-state index contributed by atoms with van der Waals surface area (Å²) in [6, 6.07) is 7.36. The van der Waals surface area contributed by atoms with Crippen LogP contribution in [0.25, 0.3) is 11.0 Å². The Hall–Kier alpha value is -1.62. The maximum absolute atomic E-state index is 12.4. The number of hydrogen-bond donors (Lipinski definition) is 0. The van der Waals surface area contributed by atoms with Crippen molar-refractivity contribution in [1.82, 2.24) is 4.90 Å². The molecule has 1 aromatic carbocycles. The summed E-state index contributed by atoms with van der Waals surface area (Å²) in [5.41, 5.74) is 1.25. The van der Waals surface area contributed by atoms with Crippen LogP contribution in [0.4, 0.5) is 0 Å². The minimum Gasteiger partial charge on any atom is -0.463 e. The van der Waals surface area contributed by atoms with Crippen LogP contribution in [0.2, 0.25) is 0 Å². The van der Waals surface area contributed by atoms with E-state index in [-0.39, 0.29) is 11.9 Å². The van der Waals surface area contributed by atoms with Crippen LogP contribution in [-0.4, -0.2) is 40.1 Å².